The Morgan fingerprint density at radius 3 is 2.96 bits per heavy atom. The molecular formula is C17H21N5O. The average molecular weight is 311 g/mol. The minimum Gasteiger partial charge on any atom is -0.328 e. The van der Waals surface area contributed by atoms with Crippen molar-refractivity contribution in [2.75, 3.05) is 6.54 Å². The molecule has 0 spiro atoms. The Balaban J connectivity index is 1.60. The fraction of sp³-hybridized carbons (Fsp3) is 0.529. The molecule has 6 nitrogen and oxygen atoms in total. The van der Waals surface area contributed by atoms with Crippen LogP contribution in [-0.4, -0.2) is 37.1 Å². The molecule has 2 aliphatic rings. The molecule has 1 aliphatic carbocycles. The van der Waals surface area contributed by atoms with Crippen molar-refractivity contribution >= 4 is 5.91 Å². The lowest BCUT2D eigenvalue weighted by molar-refractivity contribution is 0.0593. The minimum atomic E-state index is 0.0257. The van der Waals surface area contributed by atoms with E-state index in [0.717, 1.165) is 44.1 Å². The molecule has 1 saturated heterocycles. The number of carbonyl (C=O) groups is 1. The molecule has 6 heteroatoms. The van der Waals surface area contributed by atoms with Crippen LogP contribution in [0, 0.1) is 5.92 Å². The smallest absolute Gasteiger partial charge is 0.256 e. The van der Waals surface area contributed by atoms with Gasteiger partial charge in [-0.15, -0.1) is 10.2 Å². The summed E-state index contributed by atoms with van der Waals surface area (Å²) in [5.41, 5.74) is 0.646. The van der Waals surface area contributed by atoms with E-state index in [9.17, 15) is 4.79 Å². The highest BCUT2D eigenvalue weighted by Gasteiger charge is 2.33. The number of rotatable bonds is 4. The molecule has 3 heterocycles. The molecule has 0 bridgehead atoms. The maximum Gasteiger partial charge on any atom is 0.256 e. The van der Waals surface area contributed by atoms with Crippen molar-refractivity contribution in [1.82, 2.24) is 24.6 Å². The van der Waals surface area contributed by atoms with Crippen LogP contribution in [-0.2, 0) is 6.54 Å². The number of likely N-dealkylation sites (tertiary alicyclic amines) is 1. The van der Waals surface area contributed by atoms with Crippen LogP contribution in [0.3, 0.4) is 0 Å². The second kappa shape index (κ2) is 6.10. The van der Waals surface area contributed by atoms with E-state index >= 15 is 0 Å². The number of hydrogen-bond donors (Lipinski definition) is 0. The van der Waals surface area contributed by atoms with Gasteiger partial charge in [0.05, 0.1) is 11.6 Å². The third-order valence-corrected chi connectivity index (χ3v) is 4.77. The molecule has 1 atom stereocenters. The van der Waals surface area contributed by atoms with Gasteiger partial charge in [0.1, 0.15) is 6.33 Å². The average Bonchev–Trinajstić information content (AvgIpc) is 3.30. The van der Waals surface area contributed by atoms with Crippen molar-refractivity contribution in [3.8, 4) is 0 Å². The maximum atomic E-state index is 12.9. The molecule has 23 heavy (non-hydrogen) atoms. The fourth-order valence-corrected chi connectivity index (χ4v) is 3.34. The van der Waals surface area contributed by atoms with E-state index < -0.39 is 0 Å². The first-order valence-corrected chi connectivity index (χ1v) is 8.41. The highest BCUT2D eigenvalue weighted by atomic mass is 16.2. The number of pyridine rings is 1. The SMILES string of the molecule is O=C(c1cccnc1)N1CCCC[C@H]1c1nncn1CC1CC1. The van der Waals surface area contributed by atoms with E-state index in [1.807, 2.05) is 23.4 Å². The Labute approximate surface area is 135 Å². The van der Waals surface area contributed by atoms with Crippen molar-refractivity contribution in [2.24, 2.45) is 5.92 Å². The van der Waals surface area contributed by atoms with E-state index in [1.165, 1.54) is 12.8 Å². The number of hydrogen-bond acceptors (Lipinski definition) is 4. The van der Waals surface area contributed by atoms with Gasteiger partial charge in [0.15, 0.2) is 5.82 Å². The lowest BCUT2D eigenvalue weighted by Crippen LogP contribution is -2.39. The quantitative estimate of drug-likeness (QED) is 0.870. The molecule has 0 N–H and O–H groups in total. The summed E-state index contributed by atoms with van der Waals surface area (Å²) in [5.74, 6) is 1.74. The van der Waals surface area contributed by atoms with Crippen LogP contribution in [0.1, 0.15) is 54.3 Å². The molecule has 2 aromatic rings. The van der Waals surface area contributed by atoms with Crippen molar-refractivity contribution in [3.63, 3.8) is 0 Å². The Morgan fingerprint density at radius 2 is 2.17 bits per heavy atom. The molecule has 0 radical (unpaired) electrons. The predicted octanol–water partition coefficient (Wildman–Crippen LogP) is 2.45. The highest BCUT2D eigenvalue weighted by Crippen LogP contribution is 2.34. The minimum absolute atomic E-state index is 0.0257. The highest BCUT2D eigenvalue weighted by molar-refractivity contribution is 5.94. The Bertz CT molecular complexity index is 679. The van der Waals surface area contributed by atoms with Crippen LogP contribution >= 0.6 is 0 Å². The third kappa shape index (κ3) is 2.98. The molecular weight excluding hydrogens is 290 g/mol. The van der Waals surface area contributed by atoms with E-state index in [2.05, 4.69) is 19.7 Å². The van der Waals surface area contributed by atoms with Crippen LogP contribution < -0.4 is 0 Å². The second-order valence-electron chi connectivity index (χ2n) is 6.54. The maximum absolute atomic E-state index is 12.9. The van der Waals surface area contributed by atoms with Crippen LogP contribution in [0.15, 0.2) is 30.9 Å². The van der Waals surface area contributed by atoms with E-state index in [1.54, 1.807) is 12.4 Å². The lowest BCUT2D eigenvalue weighted by atomic mass is 10.00. The summed E-state index contributed by atoms with van der Waals surface area (Å²) in [6, 6.07) is 3.66. The van der Waals surface area contributed by atoms with Gasteiger partial charge >= 0.3 is 0 Å². The fourth-order valence-electron chi connectivity index (χ4n) is 3.34. The summed E-state index contributed by atoms with van der Waals surface area (Å²) in [5, 5.41) is 8.46. The van der Waals surface area contributed by atoms with Crippen LogP contribution in [0.5, 0.6) is 0 Å². The summed E-state index contributed by atoms with van der Waals surface area (Å²) in [4.78, 5) is 18.9. The molecule has 2 fully saturated rings. The summed E-state index contributed by atoms with van der Waals surface area (Å²) in [6.45, 7) is 1.75. The van der Waals surface area contributed by atoms with Crippen molar-refractivity contribution in [3.05, 3.63) is 42.2 Å². The number of amides is 1. The normalized spacial score (nSPS) is 21.4. The first kappa shape index (κ1) is 14.4. The van der Waals surface area contributed by atoms with Gasteiger partial charge in [-0.2, -0.15) is 0 Å². The van der Waals surface area contributed by atoms with Crippen molar-refractivity contribution < 1.29 is 4.79 Å². The zero-order valence-corrected chi connectivity index (χ0v) is 13.1. The molecule has 120 valence electrons. The molecule has 2 aromatic heterocycles. The Hall–Kier alpha value is -2.24. The standard InChI is InChI=1S/C17H21N5O/c23-17(14-4-3-8-18-10-14)22-9-2-1-5-15(22)16-20-19-12-21(16)11-13-6-7-13/h3-4,8,10,12-13,15H,1-2,5-7,9,11H2/t15-/m0/s1. The first-order chi connectivity index (χ1) is 11.3. The van der Waals surface area contributed by atoms with Gasteiger partial charge < -0.3 is 9.47 Å². The first-order valence-electron chi connectivity index (χ1n) is 8.41. The summed E-state index contributed by atoms with van der Waals surface area (Å²) >= 11 is 0. The van der Waals surface area contributed by atoms with E-state index in [0.29, 0.717) is 5.56 Å². The van der Waals surface area contributed by atoms with Gasteiger partial charge in [0.25, 0.3) is 5.91 Å². The second-order valence-corrected chi connectivity index (χ2v) is 6.54. The Morgan fingerprint density at radius 1 is 1.26 bits per heavy atom. The molecule has 4 rings (SSSR count). The molecule has 1 aliphatic heterocycles. The van der Waals surface area contributed by atoms with Crippen LogP contribution in [0.2, 0.25) is 0 Å². The number of nitrogens with zero attached hydrogens (tertiary/aromatic N) is 5. The zero-order chi connectivity index (χ0) is 15.6. The monoisotopic (exact) mass is 311 g/mol. The summed E-state index contributed by atoms with van der Waals surface area (Å²) in [6.07, 6.45) is 10.8. The van der Waals surface area contributed by atoms with E-state index in [-0.39, 0.29) is 11.9 Å². The van der Waals surface area contributed by atoms with Gasteiger partial charge in [0, 0.05) is 25.5 Å². The molecule has 1 saturated carbocycles. The molecule has 1 amide bonds. The van der Waals surface area contributed by atoms with Crippen molar-refractivity contribution in [2.45, 2.75) is 44.7 Å². The van der Waals surface area contributed by atoms with Crippen LogP contribution in [0.4, 0.5) is 0 Å². The number of piperidine rings is 1. The van der Waals surface area contributed by atoms with Gasteiger partial charge in [0.2, 0.25) is 0 Å². The predicted molar refractivity (Wildman–Crippen MR) is 84.6 cm³/mol. The summed E-state index contributed by atoms with van der Waals surface area (Å²) < 4.78 is 2.15. The van der Waals surface area contributed by atoms with Gasteiger partial charge in [-0.05, 0) is 50.2 Å². The van der Waals surface area contributed by atoms with Crippen LogP contribution in [0.25, 0.3) is 0 Å². The van der Waals surface area contributed by atoms with E-state index in [4.69, 9.17) is 0 Å². The Kier molecular flexibility index (Phi) is 3.81. The summed E-state index contributed by atoms with van der Waals surface area (Å²) in [7, 11) is 0. The topological polar surface area (TPSA) is 63.9 Å². The lowest BCUT2D eigenvalue weighted by Gasteiger charge is -2.35. The zero-order valence-electron chi connectivity index (χ0n) is 13.1. The van der Waals surface area contributed by atoms with Gasteiger partial charge in [-0.1, -0.05) is 0 Å². The number of aromatic nitrogens is 4. The third-order valence-electron chi connectivity index (χ3n) is 4.77. The molecule has 0 unspecified atom stereocenters. The molecule has 0 aromatic carbocycles. The van der Waals surface area contributed by atoms with Gasteiger partial charge in [-0.25, -0.2) is 0 Å². The van der Waals surface area contributed by atoms with Gasteiger partial charge in [-0.3, -0.25) is 9.78 Å². The largest absolute Gasteiger partial charge is 0.328 e. The van der Waals surface area contributed by atoms with Crippen molar-refractivity contribution in [1.29, 1.82) is 0 Å². The number of carbonyl (C=O) groups excluding carboxylic acids is 1.